The highest BCUT2D eigenvalue weighted by molar-refractivity contribution is 8.18. The lowest BCUT2D eigenvalue weighted by molar-refractivity contribution is -0.127. The van der Waals surface area contributed by atoms with E-state index in [0.29, 0.717) is 35.5 Å². The van der Waals surface area contributed by atoms with Gasteiger partial charge in [0, 0.05) is 62.7 Å². The summed E-state index contributed by atoms with van der Waals surface area (Å²) in [6, 6.07) is 20.6. The number of anilines is 2. The van der Waals surface area contributed by atoms with Crippen molar-refractivity contribution in [1.29, 1.82) is 0 Å². The maximum Gasteiger partial charge on any atom is 0.294 e. The number of morpholine rings is 1. The van der Waals surface area contributed by atoms with Crippen molar-refractivity contribution in [2.75, 3.05) is 43.1 Å². The molecule has 0 spiro atoms. The van der Waals surface area contributed by atoms with Gasteiger partial charge in [-0.1, -0.05) is 47.5 Å². The molecule has 214 valence electrons. The van der Waals surface area contributed by atoms with Crippen LogP contribution in [-0.2, 0) is 20.9 Å². The van der Waals surface area contributed by atoms with Crippen LogP contribution in [0.5, 0.6) is 0 Å². The normalized spacial score (nSPS) is 16.6. The number of hydrogen-bond acceptors (Lipinski definition) is 6. The molecule has 42 heavy (non-hydrogen) atoms. The van der Waals surface area contributed by atoms with E-state index < -0.39 is 17.1 Å². The van der Waals surface area contributed by atoms with Crippen LogP contribution in [0.4, 0.5) is 16.2 Å². The first kappa shape index (κ1) is 28.4. The smallest absolute Gasteiger partial charge is 0.294 e. The van der Waals surface area contributed by atoms with E-state index in [0.717, 1.165) is 57.5 Å². The minimum atomic E-state index is -0.506. The minimum absolute atomic E-state index is 0.251. The van der Waals surface area contributed by atoms with Crippen LogP contribution < -0.4 is 10.2 Å². The maximum absolute atomic E-state index is 13.2. The fourth-order valence-electron chi connectivity index (χ4n) is 5.07. The Morgan fingerprint density at radius 2 is 1.67 bits per heavy atom. The van der Waals surface area contributed by atoms with Gasteiger partial charge in [-0.2, -0.15) is 0 Å². The van der Waals surface area contributed by atoms with Crippen molar-refractivity contribution >= 4 is 80.4 Å². The molecule has 1 aromatic heterocycles. The minimum Gasteiger partial charge on any atom is -0.378 e. The molecule has 0 bridgehead atoms. The third-order valence-electron chi connectivity index (χ3n) is 7.20. The first-order chi connectivity index (χ1) is 20.4. The molecular formula is C31H26Cl2N4O4S. The first-order valence-electron chi connectivity index (χ1n) is 13.4. The van der Waals surface area contributed by atoms with E-state index >= 15 is 0 Å². The van der Waals surface area contributed by atoms with Gasteiger partial charge in [0.2, 0.25) is 5.91 Å². The van der Waals surface area contributed by atoms with Gasteiger partial charge in [0.05, 0.1) is 24.7 Å². The number of fused-ring (bicyclic) bond motifs is 1. The van der Waals surface area contributed by atoms with Gasteiger partial charge in [-0.05, 0) is 60.3 Å². The Hall–Kier alpha value is -3.76. The zero-order valence-corrected chi connectivity index (χ0v) is 24.7. The molecule has 0 unspecified atom stereocenters. The third-order valence-corrected chi connectivity index (χ3v) is 8.81. The second kappa shape index (κ2) is 12.2. The summed E-state index contributed by atoms with van der Waals surface area (Å²) in [6.45, 7) is 3.06. The van der Waals surface area contributed by atoms with Crippen LogP contribution in [-0.4, -0.2) is 59.4 Å². The van der Waals surface area contributed by atoms with Crippen LogP contribution in [0.2, 0.25) is 10.0 Å². The van der Waals surface area contributed by atoms with Crippen molar-refractivity contribution in [1.82, 2.24) is 9.47 Å². The molecule has 0 radical (unpaired) electrons. The number of para-hydroxylation sites is 1. The fourth-order valence-corrected chi connectivity index (χ4v) is 6.42. The lowest BCUT2D eigenvalue weighted by Gasteiger charge is -2.28. The van der Waals surface area contributed by atoms with Crippen molar-refractivity contribution < 1.29 is 19.1 Å². The molecule has 0 aliphatic carbocycles. The Bertz CT molecular complexity index is 1690. The summed E-state index contributed by atoms with van der Waals surface area (Å²) < 4.78 is 7.40. The third kappa shape index (κ3) is 5.91. The predicted octanol–water partition coefficient (Wildman–Crippen LogP) is 6.51. The van der Waals surface area contributed by atoms with Crippen LogP contribution in [0.15, 0.2) is 77.8 Å². The van der Waals surface area contributed by atoms with Gasteiger partial charge >= 0.3 is 0 Å². The van der Waals surface area contributed by atoms with Crippen molar-refractivity contribution in [3.63, 3.8) is 0 Å². The number of benzene rings is 3. The lowest BCUT2D eigenvalue weighted by atomic mass is 10.1. The maximum atomic E-state index is 13.2. The first-order valence-corrected chi connectivity index (χ1v) is 14.9. The summed E-state index contributed by atoms with van der Waals surface area (Å²) in [4.78, 5) is 42.2. The second-order valence-corrected chi connectivity index (χ2v) is 11.7. The van der Waals surface area contributed by atoms with Gasteiger partial charge in [-0.25, -0.2) is 0 Å². The van der Waals surface area contributed by atoms with Gasteiger partial charge in [0.25, 0.3) is 11.1 Å². The molecule has 6 rings (SSSR count). The van der Waals surface area contributed by atoms with E-state index in [9.17, 15) is 14.4 Å². The molecule has 8 nitrogen and oxygen atoms in total. The highest BCUT2D eigenvalue weighted by atomic mass is 35.5. The molecule has 0 saturated carbocycles. The van der Waals surface area contributed by atoms with Crippen LogP contribution in [0.25, 0.3) is 17.0 Å². The van der Waals surface area contributed by atoms with E-state index in [2.05, 4.69) is 10.2 Å². The number of aromatic nitrogens is 1. The van der Waals surface area contributed by atoms with E-state index in [1.165, 1.54) is 0 Å². The van der Waals surface area contributed by atoms with Crippen LogP contribution in [0.1, 0.15) is 11.1 Å². The van der Waals surface area contributed by atoms with Gasteiger partial charge in [-0.3, -0.25) is 19.3 Å². The molecule has 3 heterocycles. The van der Waals surface area contributed by atoms with Crippen molar-refractivity contribution in [2.24, 2.45) is 0 Å². The Balaban J connectivity index is 1.16. The van der Waals surface area contributed by atoms with Gasteiger partial charge in [0.15, 0.2) is 0 Å². The summed E-state index contributed by atoms with van der Waals surface area (Å²) in [5.41, 5.74) is 4.12. The number of rotatable bonds is 7. The SMILES string of the molecule is O=C(CN1C(=O)S/C(=C\c2cn(Cc3c(Cl)cccc3Cl)c3ccccc23)C1=O)Nc1ccc(N2CCOCC2)cc1. The zero-order valence-electron chi connectivity index (χ0n) is 22.4. The summed E-state index contributed by atoms with van der Waals surface area (Å²) >= 11 is 13.7. The molecule has 2 aliphatic rings. The van der Waals surface area contributed by atoms with Gasteiger partial charge in [0.1, 0.15) is 6.54 Å². The average molecular weight is 622 g/mol. The Morgan fingerprint density at radius 1 is 0.952 bits per heavy atom. The van der Waals surface area contributed by atoms with Gasteiger partial charge in [-0.15, -0.1) is 0 Å². The molecule has 4 aromatic rings. The molecule has 1 N–H and O–H groups in total. The topological polar surface area (TPSA) is 83.9 Å². The molecule has 2 fully saturated rings. The molecule has 2 aliphatic heterocycles. The summed E-state index contributed by atoms with van der Waals surface area (Å²) in [5, 5.41) is 4.33. The molecule has 0 atom stereocenters. The number of carbonyl (C=O) groups excluding carboxylic acids is 3. The highest BCUT2D eigenvalue weighted by Gasteiger charge is 2.36. The largest absolute Gasteiger partial charge is 0.378 e. The van der Waals surface area contributed by atoms with Crippen LogP contribution in [0, 0.1) is 0 Å². The predicted molar refractivity (Wildman–Crippen MR) is 168 cm³/mol. The number of imide groups is 1. The number of amides is 3. The second-order valence-electron chi connectivity index (χ2n) is 9.89. The Labute approximate surface area is 256 Å². The number of hydrogen-bond donors (Lipinski definition) is 1. The van der Waals surface area contributed by atoms with Crippen molar-refractivity contribution in [3.05, 3.63) is 99.0 Å². The monoisotopic (exact) mass is 620 g/mol. The summed E-state index contributed by atoms with van der Waals surface area (Å²) in [5.74, 6) is -0.959. The van der Waals surface area contributed by atoms with Gasteiger partial charge < -0.3 is 19.5 Å². The summed E-state index contributed by atoms with van der Waals surface area (Å²) in [7, 11) is 0. The molecule has 3 amide bonds. The van der Waals surface area contributed by atoms with Crippen LogP contribution >= 0.6 is 35.0 Å². The van der Waals surface area contributed by atoms with Crippen molar-refractivity contribution in [2.45, 2.75) is 6.54 Å². The van der Waals surface area contributed by atoms with Crippen LogP contribution in [0.3, 0.4) is 0 Å². The number of carbonyl (C=O) groups is 3. The van der Waals surface area contributed by atoms with Crippen molar-refractivity contribution in [3.8, 4) is 0 Å². The molecule has 2 saturated heterocycles. The van der Waals surface area contributed by atoms with E-state index in [1.807, 2.05) is 59.3 Å². The number of nitrogens with zero attached hydrogens (tertiary/aromatic N) is 3. The van der Waals surface area contributed by atoms with E-state index in [4.69, 9.17) is 27.9 Å². The standard InChI is InChI=1S/C31H26Cl2N4O4S/c32-25-5-3-6-26(33)24(25)18-36-17-20(23-4-1-2-7-27(23)36)16-28-30(39)37(31(40)42-28)19-29(38)34-21-8-10-22(11-9-21)35-12-14-41-15-13-35/h1-11,16-17H,12-15,18-19H2,(H,34,38)/b28-16-. The molecule has 11 heteroatoms. The number of halogens is 2. The summed E-state index contributed by atoms with van der Waals surface area (Å²) in [6.07, 6.45) is 3.60. The highest BCUT2D eigenvalue weighted by Crippen LogP contribution is 2.35. The zero-order chi connectivity index (χ0) is 29.2. The number of nitrogens with one attached hydrogen (secondary N) is 1. The number of thioether (sulfide) groups is 1. The Kier molecular flexibility index (Phi) is 8.26. The van der Waals surface area contributed by atoms with E-state index in [1.54, 1.807) is 24.3 Å². The molecule has 3 aromatic carbocycles. The average Bonchev–Trinajstić information content (AvgIpc) is 3.47. The fraction of sp³-hybridized carbons (Fsp3) is 0.194. The van der Waals surface area contributed by atoms with E-state index in [-0.39, 0.29) is 11.4 Å². The Morgan fingerprint density at radius 3 is 2.40 bits per heavy atom. The molecular weight excluding hydrogens is 595 g/mol. The number of ether oxygens (including phenoxy) is 1. The quantitative estimate of drug-likeness (QED) is 0.237. The lowest BCUT2D eigenvalue weighted by Crippen LogP contribution is -2.36.